The van der Waals surface area contributed by atoms with Crippen LogP contribution in [-0.4, -0.2) is 28.3 Å². The van der Waals surface area contributed by atoms with E-state index in [1.807, 2.05) is 6.92 Å². The Hall–Kier alpha value is -1.45. The molecule has 20 heavy (non-hydrogen) atoms. The topological polar surface area (TPSA) is 97.1 Å². The molecule has 2 aromatic heterocycles. The van der Waals surface area contributed by atoms with Crippen molar-refractivity contribution in [3.05, 3.63) is 23.0 Å². The Labute approximate surface area is 121 Å². The first-order valence-corrected chi connectivity index (χ1v) is 8.39. The van der Waals surface area contributed by atoms with Gasteiger partial charge in [-0.2, -0.15) is 0 Å². The SMILES string of the molecule is CCCn1cc(S(=O)(=O)Nc2nnc(C)s2)cc1CO. The van der Waals surface area contributed by atoms with E-state index in [9.17, 15) is 13.5 Å². The van der Waals surface area contributed by atoms with Crippen molar-refractivity contribution in [1.82, 2.24) is 14.8 Å². The summed E-state index contributed by atoms with van der Waals surface area (Å²) in [4.78, 5) is 0.114. The van der Waals surface area contributed by atoms with Crippen molar-refractivity contribution in [3.63, 3.8) is 0 Å². The molecule has 0 aliphatic carbocycles. The van der Waals surface area contributed by atoms with Gasteiger partial charge in [-0.05, 0) is 19.4 Å². The number of hydrogen-bond acceptors (Lipinski definition) is 6. The quantitative estimate of drug-likeness (QED) is 0.838. The molecule has 0 spiro atoms. The van der Waals surface area contributed by atoms with Gasteiger partial charge in [-0.15, -0.1) is 10.2 Å². The van der Waals surface area contributed by atoms with E-state index in [-0.39, 0.29) is 16.6 Å². The summed E-state index contributed by atoms with van der Waals surface area (Å²) in [7, 11) is -3.70. The Kier molecular flexibility index (Phi) is 4.41. The van der Waals surface area contributed by atoms with E-state index in [1.54, 1.807) is 11.5 Å². The molecular formula is C11H16N4O3S2. The van der Waals surface area contributed by atoms with Crippen molar-refractivity contribution in [1.29, 1.82) is 0 Å². The van der Waals surface area contributed by atoms with Crippen LogP contribution in [0.4, 0.5) is 5.13 Å². The van der Waals surface area contributed by atoms with Gasteiger partial charge in [0.25, 0.3) is 10.0 Å². The molecule has 0 aliphatic heterocycles. The van der Waals surface area contributed by atoms with Gasteiger partial charge >= 0.3 is 0 Å². The minimum absolute atomic E-state index is 0.114. The number of aryl methyl sites for hydroxylation is 2. The number of anilines is 1. The fourth-order valence-electron chi connectivity index (χ4n) is 1.77. The molecular weight excluding hydrogens is 300 g/mol. The lowest BCUT2D eigenvalue weighted by Gasteiger charge is -2.03. The predicted octanol–water partition coefficient (Wildman–Crippen LogP) is 1.35. The molecule has 0 radical (unpaired) electrons. The minimum Gasteiger partial charge on any atom is -0.390 e. The maximum Gasteiger partial charge on any atom is 0.265 e. The second-order valence-electron chi connectivity index (χ2n) is 4.25. The molecule has 2 heterocycles. The van der Waals surface area contributed by atoms with Crippen LogP contribution >= 0.6 is 11.3 Å². The molecule has 0 fully saturated rings. The third-order valence-corrected chi connectivity index (χ3v) is 4.83. The largest absolute Gasteiger partial charge is 0.390 e. The fraction of sp³-hybridized carbons (Fsp3) is 0.455. The van der Waals surface area contributed by atoms with Gasteiger partial charge in [-0.3, -0.25) is 4.72 Å². The van der Waals surface area contributed by atoms with Crippen molar-refractivity contribution < 1.29 is 13.5 Å². The monoisotopic (exact) mass is 316 g/mol. The van der Waals surface area contributed by atoms with Gasteiger partial charge in [0.1, 0.15) is 9.90 Å². The first kappa shape index (κ1) is 14.9. The van der Waals surface area contributed by atoms with Gasteiger partial charge in [0.15, 0.2) is 0 Å². The van der Waals surface area contributed by atoms with Crippen LogP contribution in [0.15, 0.2) is 17.2 Å². The summed E-state index contributed by atoms with van der Waals surface area (Å²) in [6, 6.07) is 1.46. The molecule has 0 aliphatic rings. The number of nitrogens with one attached hydrogen (secondary N) is 1. The third-order valence-electron chi connectivity index (χ3n) is 2.65. The summed E-state index contributed by atoms with van der Waals surface area (Å²) in [5.74, 6) is 0. The molecule has 0 bridgehead atoms. The predicted molar refractivity (Wildman–Crippen MR) is 76.1 cm³/mol. The van der Waals surface area contributed by atoms with Crippen LogP contribution < -0.4 is 4.72 Å². The molecule has 2 N–H and O–H groups in total. The molecule has 2 rings (SSSR count). The molecule has 0 atom stereocenters. The minimum atomic E-state index is -3.70. The lowest BCUT2D eigenvalue weighted by Crippen LogP contribution is -2.12. The second kappa shape index (κ2) is 5.90. The summed E-state index contributed by atoms with van der Waals surface area (Å²) >= 11 is 1.17. The summed E-state index contributed by atoms with van der Waals surface area (Å²) in [6.07, 6.45) is 2.37. The highest BCUT2D eigenvalue weighted by Gasteiger charge is 2.19. The van der Waals surface area contributed by atoms with Crippen molar-refractivity contribution in [2.45, 2.75) is 38.3 Å². The summed E-state index contributed by atoms with van der Waals surface area (Å²) in [5, 5.41) is 17.7. The molecule has 2 aromatic rings. The first-order valence-electron chi connectivity index (χ1n) is 6.09. The molecule has 0 unspecified atom stereocenters. The van der Waals surface area contributed by atoms with E-state index in [0.29, 0.717) is 17.2 Å². The molecule has 0 saturated heterocycles. The van der Waals surface area contributed by atoms with E-state index >= 15 is 0 Å². The number of sulfonamides is 1. The van der Waals surface area contributed by atoms with E-state index in [1.165, 1.54) is 23.6 Å². The highest BCUT2D eigenvalue weighted by Crippen LogP contribution is 2.21. The van der Waals surface area contributed by atoms with Gasteiger partial charge in [-0.25, -0.2) is 8.42 Å². The number of aliphatic hydroxyl groups excluding tert-OH is 1. The summed E-state index contributed by atoms with van der Waals surface area (Å²) < 4.78 is 28.6. The zero-order chi connectivity index (χ0) is 14.8. The second-order valence-corrected chi connectivity index (χ2v) is 7.11. The third kappa shape index (κ3) is 3.17. The smallest absolute Gasteiger partial charge is 0.265 e. The fourth-order valence-corrected chi connectivity index (χ4v) is 3.65. The number of aliphatic hydroxyl groups is 1. The van der Waals surface area contributed by atoms with Gasteiger partial charge in [0, 0.05) is 18.4 Å². The van der Waals surface area contributed by atoms with Gasteiger partial charge in [-0.1, -0.05) is 18.3 Å². The lowest BCUT2D eigenvalue weighted by atomic mass is 10.4. The number of rotatable bonds is 6. The highest BCUT2D eigenvalue weighted by molar-refractivity contribution is 7.93. The average molecular weight is 316 g/mol. The van der Waals surface area contributed by atoms with E-state index in [2.05, 4.69) is 14.9 Å². The molecule has 0 aromatic carbocycles. The number of aromatic nitrogens is 3. The van der Waals surface area contributed by atoms with Crippen molar-refractivity contribution in [2.24, 2.45) is 0 Å². The van der Waals surface area contributed by atoms with Gasteiger partial charge in [0.2, 0.25) is 5.13 Å². The standard InChI is InChI=1S/C11H16N4O3S2/c1-3-4-15-6-10(5-9(15)7-16)20(17,18)14-11-13-12-8(2)19-11/h5-6,16H,3-4,7H2,1-2H3,(H,13,14). The van der Waals surface area contributed by atoms with E-state index < -0.39 is 10.0 Å². The molecule has 0 saturated carbocycles. The van der Waals surface area contributed by atoms with Crippen LogP contribution in [0.5, 0.6) is 0 Å². The Morgan fingerprint density at radius 1 is 1.45 bits per heavy atom. The zero-order valence-corrected chi connectivity index (χ0v) is 12.8. The molecule has 7 nitrogen and oxygen atoms in total. The van der Waals surface area contributed by atoms with Crippen LogP contribution in [-0.2, 0) is 23.2 Å². The maximum absolute atomic E-state index is 12.2. The Bertz CT molecular complexity index is 690. The van der Waals surface area contributed by atoms with Crippen LogP contribution in [0.2, 0.25) is 0 Å². The first-order chi connectivity index (χ1) is 9.46. The van der Waals surface area contributed by atoms with Crippen molar-refractivity contribution in [3.8, 4) is 0 Å². The Morgan fingerprint density at radius 3 is 2.75 bits per heavy atom. The molecule has 0 amide bonds. The van der Waals surface area contributed by atoms with E-state index in [0.717, 1.165) is 6.42 Å². The van der Waals surface area contributed by atoms with Crippen LogP contribution in [0.1, 0.15) is 24.0 Å². The maximum atomic E-state index is 12.2. The summed E-state index contributed by atoms with van der Waals surface area (Å²) in [6.45, 7) is 4.19. The van der Waals surface area contributed by atoms with Gasteiger partial charge < -0.3 is 9.67 Å². The normalized spacial score (nSPS) is 11.8. The van der Waals surface area contributed by atoms with E-state index in [4.69, 9.17) is 0 Å². The Morgan fingerprint density at radius 2 is 2.20 bits per heavy atom. The molecule has 9 heteroatoms. The zero-order valence-electron chi connectivity index (χ0n) is 11.2. The van der Waals surface area contributed by atoms with Crippen molar-refractivity contribution >= 4 is 26.5 Å². The highest BCUT2D eigenvalue weighted by atomic mass is 32.2. The van der Waals surface area contributed by atoms with Crippen molar-refractivity contribution in [2.75, 3.05) is 4.72 Å². The summed E-state index contributed by atoms with van der Waals surface area (Å²) in [5.41, 5.74) is 0.570. The van der Waals surface area contributed by atoms with Crippen LogP contribution in [0.3, 0.4) is 0 Å². The lowest BCUT2D eigenvalue weighted by molar-refractivity contribution is 0.270. The average Bonchev–Trinajstić information content (AvgIpc) is 2.96. The van der Waals surface area contributed by atoms with Crippen LogP contribution in [0, 0.1) is 6.92 Å². The molecule has 110 valence electrons. The Balaban J connectivity index is 2.29. The number of nitrogens with zero attached hydrogens (tertiary/aromatic N) is 3. The van der Waals surface area contributed by atoms with Gasteiger partial charge in [0.05, 0.1) is 6.61 Å². The number of hydrogen-bond donors (Lipinski definition) is 2. The van der Waals surface area contributed by atoms with Crippen LogP contribution in [0.25, 0.3) is 0 Å².